The van der Waals surface area contributed by atoms with Gasteiger partial charge >= 0.3 is 0 Å². The second-order valence-corrected chi connectivity index (χ2v) is 9.92. The van der Waals surface area contributed by atoms with Gasteiger partial charge in [-0.05, 0) is 57.4 Å². The quantitative estimate of drug-likeness (QED) is 0.538. The Morgan fingerprint density at radius 3 is 2.47 bits per heavy atom. The average Bonchev–Trinajstić information content (AvgIpc) is 3.22. The molecule has 1 fully saturated rings. The molecule has 0 aliphatic heterocycles. The minimum atomic E-state index is -0.508. The van der Waals surface area contributed by atoms with Crippen LogP contribution >= 0.6 is 0 Å². The van der Waals surface area contributed by atoms with Gasteiger partial charge in [0.05, 0.1) is 29.1 Å². The number of anilines is 1. The molecule has 1 amide bonds. The lowest BCUT2D eigenvalue weighted by Gasteiger charge is -2.39. The molecule has 32 heavy (non-hydrogen) atoms. The van der Waals surface area contributed by atoms with E-state index >= 15 is 0 Å². The maximum absolute atomic E-state index is 12.2. The fourth-order valence-corrected chi connectivity index (χ4v) is 4.50. The van der Waals surface area contributed by atoms with Gasteiger partial charge in [-0.1, -0.05) is 26.0 Å². The van der Waals surface area contributed by atoms with Crippen molar-refractivity contribution in [3.8, 4) is 16.9 Å². The first kappa shape index (κ1) is 22.1. The van der Waals surface area contributed by atoms with E-state index in [0.29, 0.717) is 11.3 Å². The molecule has 0 bridgehead atoms. The summed E-state index contributed by atoms with van der Waals surface area (Å²) in [6, 6.07) is 10.1. The number of nitrogens with two attached hydrogens (primary N) is 2. The van der Waals surface area contributed by atoms with E-state index in [9.17, 15) is 4.79 Å². The number of aromatic nitrogens is 2. The minimum Gasteiger partial charge on any atom is -0.491 e. The smallest absolute Gasteiger partial charge is 0.252 e. The molecule has 3 aromatic rings. The highest BCUT2D eigenvalue weighted by Gasteiger charge is 2.49. The molecule has 0 saturated heterocycles. The van der Waals surface area contributed by atoms with Gasteiger partial charge in [-0.25, -0.2) is 4.52 Å². The van der Waals surface area contributed by atoms with Crippen molar-refractivity contribution in [1.29, 1.82) is 0 Å². The largest absolute Gasteiger partial charge is 0.491 e. The van der Waals surface area contributed by atoms with Crippen LogP contribution in [0.2, 0.25) is 0 Å². The van der Waals surface area contributed by atoms with E-state index in [4.69, 9.17) is 16.2 Å². The lowest BCUT2D eigenvalue weighted by atomic mass is 9.75. The highest BCUT2D eigenvalue weighted by molar-refractivity contribution is 6.02. The third-order valence-electron chi connectivity index (χ3n) is 7.08. The first-order valence-corrected chi connectivity index (χ1v) is 11.1. The molecule has 2 aromatic heterocycles. The van der Waals surface area contributed by atoms with Gasteiger partial charge in [-0.3, -0.25) is 4.79 Å². The average molecular weight is 436 g/mol. The van der Waals surface area contributed by atoms with Gasteiger partial charge in [-0.2, -0.15) is 5.10 Å². The van der Waals surface area contributed by atoms with Gasteiger partial charge < -0.3 is 21.5 Å². The molecule has 7 nitrogen and oxygen atoms in total. The number of carbonyl (C=O) groups excluding carboxylic acids is 1. The predicted molar refractivity (Wildman–Crippen MR) is 128 cm³/mol. The minimum absolute atomic E-state index is 0.104. The lowest BCUT2D eigenvalue weighted by molar-refractivity contribution is 0.100. The summed E-state index contributed by atoms with van der Waals surface area (Å²) in [5.41, 5.74) is 15.7. The number of nitrogens with one attached hydrogen (secondary N) is 1. The molecular weight excluding hydrogens is 402 g/mol. The van der Waals surface area contributed by atoms with Gasteiger partial charge in [0.1, 0.15) is 5.75 Å². The second kappa shape index (κ2) is 7.81. The summed E-state index contributed by atoms with van der Waals surface area (Å²) in [6.45, 7) is 10.4. The van der Waals surface area contributed by atoms with Crippen molar-refractivity contribution in [2.45, 2.75) is 65.1 Å². The van der Waals surface area contributed by atoms with E-state index in [0.717, 1.165) is 35.2 Å². The summed E-state index contributed by atoms with van der Waals surface area (Å²) in [6.07, 6.45) is 5.43. The number of primary amides is 1. The van der Waals surface area contributed by atoms with Gasteiger partial charge in [-0.15, -0.1) is 0 Å². The summed E-state index contributed by atoms with van der Waals surface area (Å²) in [5, 5.41) is 8.05. The predicted octanol–water partition coefficient (Wildman–Crippen LogP) is 4.21. The van der Waals surface area contributed by atoms with E-state index in [1.807, 2.05) is 50.4 Å². The van der Waals surface area contributed by atoms with Gasteiger partial charge in [0.25, 0.3) is 5.91 Å². The lowest BCUT2D eigenvalue weighted by Crippen LogP contribution is -2.51. The van der Waals surface area contributed by atoms with Gasteiger partial charge in [0, 0.05) is 28.8 Å². The molecule has 7 heteroatoms. The number of rotatable bonds is 6. The Labute approximate surface area is 189 Å². The summed E-state index contributed by atoms with van der Waals surface area (Å²) in [4.78, 5) is 12.2. The summed E-state index contributed by atoms with van der Waals surface area (Å²) < 4.78 is 7.53. The third-order valence-corrected chi connectivity index (χ3v) is 7.08. The molecule has 0 spiro atoms. The zero-order valence-corrected chi connectivity index (χ0v) is 19.5. The van der Waals surface area contributed by atoms with Gasteiger partial charge in [0.15, 0.2) is 0 Å². The molecule has 5 N–H and O–H groups in total. The van der Waals surface area contributed by atoms with Crippen LogP contribution in [-0.4, -0.2) is 33.2 Å². The number of amides is 1. The van der Waals surface area contributed by atoms with Crippen LogP contribution in [0.5, 0.6) is 5.75 Å². The van der Waals surface area contributed by atoms with Crippen molar-refractivity contribution < 1.29 is 9.53 Å². The van der Waals surface area contributed by atoms with Crippen molar-refractivity contribution in [3.63, 3.8) is 0 Å². The number of fused-ring (bicyclic) bond motifs is 1. The first-order valence-electron chi connectivity index (χ1n) is 11.1. The van der Waals surface area contributed by atoms with Crippen LogP contribution in [0.25, 0.3) is 16.6 Å². The Bertz CT molecular complexity index is 1150. The zero-order valence-electron chi connectivity index (χ0n) is 19.5. The number of hydrogen-bond donors (Lipinski definition) is 3. The Morgan fingerprint density at radius 1 is 1.22 bits per heavy atom. The Balaban J connectivity index is 1.74. The molecule has 170 valence electrons. The molecule has 1 aromatic carbocycles. The van der Waals surface area contributed by atoms with Crippen molar-refractivity contribution in [3.05, 3.63) is 48.3 Å². The van der Waals surface area contributed by atoms with Crippen LogP contribution < -0.4 is 21.5 Å². The molecule has 1 aliphatic carbocycles. The third kappa shape index (κ3) is 3.81. The number of nitrogens with zero attached hydrogens (tertiary/aromatic N) is 2. The molecule has 4 rings (SSSR count). The monoisotopic (exact) mass is 435 g/mol. The van der Waals surface area contributed by atoms with Crippen LogP contribution in [0.3, 0.4) is 0 Å². The van der Waals surface area contributed by atoms with E-state index in [2.05, 4.69) is 31.2 Å². The first-order chi connectivity index (χ1) is 15.0. The normalized spacial score (nSPS) is 22.4. The van der Waals surface area contributed by atoms with Crippen molar-refractivity contribution in [2.24, 2.45) is 16.9 Å². The van der Waals surface area contributed by atoms with E-state index in [1.165, 1.54) is 6.20 Å². The fourth-order valence-electron chi connectivity index (χ4n) is 4.50. The molecular formula is C25H33N5O2. The van der Waals surface area contributed by atoms with Crippen LogP contribution in [0.4, 0.5) is 5.69 Å². The molecule has 0 radical (unpaired) electrons. The Morgan fingerprint density at radius 2 is 1.91 bits per heavy atom. The molecule has 0 unspecified atom stereocenters. The van der Waals surface area contributed by atoms with E-state index < -0.39 is 5.91 Å². The molecule has 2 heterocycles. The van der Waals surface area contributed by atoms with Crippen molar-refractivity contribution >= 4 is 17.1 Å². The molecule has 1 saturated carbocycles. The zero-order chi connectivity index (χ0) is 23.3. The van der Waals surface area contributed by atoms with Gasteiger partial charge in [0.2, 0.25) is 0 Å². The number of hydrogen-bond acceptors (Lipinski definition) is 5. The number of carbonyl (C=O) groups is 1. The van der Waals surface area contributed by atoms with E-state index in [1.54, 1.807) is 4.52 Å². The van der Waals surface area contributed by atoms with Crippen molar-refractivity contribution in [1.82, 2.24) is 9.61 Å². The number of benzene rings is 1. The fraction of sp³-hybridized carbons (Fsp3) is 0.440. The standard InChI is InChI=1S/C25H33N5O2/c1-15(2)32-18-8-6-16(7-9-18)17-12-20-22(19(23(26)31)13-28-30(20)14-17)29-21-10-11-25(5,27)24(21,3)4/h6-9,12-15,21,29H,10-11,27H2,1-5H3,(H2,26,31)/t21-,25+/m1/s1. The summed E-state index contributed by atoms with van der Waals surface area (Å²) in [5.74, 6) is 0.323. The van der Waals surface area contributed by atoms with Crippen LogP contribution in [-0.2, 0) is 0 Å². The molecule has 2 atom stereocenters. The molecule has 1 aliphatic rings. The maximum atomic E-state index is 12.2. The van der Waals surface area contributed by atoms with Crippen LogP contribution in [0, 0.1) is 5.41 Å². The highest BCUT2D eigenvalue weighted by atomic mass is 16.5. The Kier molecular flexibility index (Phi) is 5.41. The maximum Gasteiger partial charge on any atom is 0.252 e. The second-order valence-electron chi connectivity index (χ2n) is 9.92. The highest BCUT2D eigenvalue weighted by Crippen LogP contribution is 2.46. The topological polar surface area (TPSA) is 108 Å². The van der Waals surface area contributed by atoms with Crippen LogP contribution in [0.15, 0.2) is 42.7 Å². The van der Waals surface area contributed by atoms with E-state index in [-0.39, 0.29) is 23.1 Å². The summed E-state index contributed by atoms with van der Waals surface area (Å²) >= 11 is 0. The summed E-state index contributed by atoms with van der Waals surface area (Å²) in [7, 11) is 0. The van der Waals surface area contributed by atoms with Crippen LogP contribution in [0.1, 0.15) is 57.8 Å². The number of ether oxygens (including phenoxy) is 1. The van der Waals surface area contributed by atoms with Crippen molar-refractivity contribution in [2.75, 3.05) is 5.32 Å². The SMILES string of the molecule is CC(C)Oc1ccc(-c2cc3c(N[C@@H]4CC[C@](C)(N)C4(C)C)c(C(N)=O)cnn3c2)cc1. The Hall–Kier alpha value is -3.06.